The summed E-state index contributed by atoms with van der Waals surface area (Å²) >= 11 is 0. The van der Waals surface area contributed by atoms with Crippen molar-refractivity contribution in [1.82, 2.24) is 0 Å². The number of nitrogens with zero attached hydrogens (tertiary/aromatic N) is 2. The summed E-state index contributed by atoms with van der Waals surface area (Å²) in [5.41, 5.74) is 4.54. The molecule has 0 amide bonds. The van der Waals surface area contributed by atoms with Gasteiger partial charge in [0.1, 0.15) is 11.6 Å². The molecule has 4 atom stereocenters. The van der Waals surface area contributed by atoms with E-state index in [0.29, 0.717) is 24.4 Å². The molecule has 1 aliphatic carbocycles. The van der Waals surface area contributed by atoms with Crippen LogP contribution in [0.1, 0.15) is 101 Å². The summed E-state index contributed by atoms with van der Waals surface area (Å²) in [6.07, 6.45) is 9.61. The lowest BCUT2D eigenvalue weighted by Gasteiger charge is -2.42. The van der Waals surface area contributed by atoms with Gasteiger partial charge in [0, 0.05) is 76.1 Å². The average Bonchev–Trinajstić information content (AvgIpc) is 2.91. The molecule has 0 aliphatic heterocycles. The van der Waals surface area contributed by atoms with E-state index in [9.17, 15) is 9.59 Å². The van der Waals surface area contributed by atoms with E-state index in [2.05, 4.69) is 72.2 Å². The van der Waals surface area contributed by atoms with Gasteiger partial charge in [0.2, 0.25) is 0 Å². The first-order chi connectivity index (χ1) is 18.3. The maximum atomic E-state index is 14.1. The molecule has 1 saturated carbocycles. The number of hydrogen-bond acceptors (Lipinski definition) is 4. The van der Waals surface area contributed by atoms with Crippen molar-refractivity contribution in [2.45, 2.75) is 89.9 Å². The molecular formula is C34H50N2O2. The Balaban J connectivity index is 2.06. The van der Waals surface area contributed by atoms with Gasteiger partial charge in [0.25, 0.3) is 0 Å². The summed E-state index contributed by atoms with van der Waals surface area (Å²) in [5.74, 6) is 0.279. The molecule has 0 aromatic heterocycles. The van der Waals surface area contributed by atoms with Crippen LogP contribution in [-0.4, -0.2) is 39.8 Å². The monoisotopic (exact) mass is 518 g/mol. The molecule has 2 aromatic rings. The van der Waals surface area contributed by atoms with Crippen molar-refractivity contribution >= 4 is 22.9 Å². The van der Waals surface area contributed by atoms with E-state index >= 15 is 0 Å². The number of carbonyl (C=O) groups excluding carboxylic acids is 2. The third kappa shape index (κ3) is 7.48. The SMILES string of the molecule is CCCCCCC(=O)[C@@H]1[C@@H](c2ccc(N(C)C)cc2)[C@@H](CCCCC)C(=O)C[C@@H]1c1ccc(N(C)C)cc1. The van der Waals surface area contributed by atoms with E-state index in [1.54, 1.807) is 0 Å². The predicted octanol–water partition coefficient (Wildman–Crippen LogP) is 8.01. The first-order valence-corrected chi connectivity index (χ1v) is 14.9. The molecule has 2 aromatic carbocycles. The van der Waals surface area contributed by atoms with Crippen LogP contribution in [0, 0.1) is 11.8 Å². The lowest BCUT2D eigenvalue weighted by molar-refractivity contribution is -0.133. The maximum absolute atomic E-state index is 14.1. The fourth-order valence-corrected chi connectivity index (χ4v) is 6.25. The second-order valence-electron chi connectivity index (χ2n) is 11.7. The number of carbonyl (C=O) groups is 2. The molecule has 4 nitrogen and oxygen atoms in total. The minimum Gasteiger partial charge on any atom is -0.378 e. The number of anilines is 2. The van der Waals surface area contributed by atoms with Gasteiger partial charge in [-0.3, -0.25) is 9.59 Å². The smallest absolute Gasteiger partial charge is 0.137 e. The van der Waals surface area contributed by atoms with Gasteiger partial charge < -0.3 is 9.80 Å². The van der Waals surface area contributed by atoms with Crippen LogP contribution in [-0.2, 0) is 9.59 Å². The van der Waals surface area contributed by atoms with Gasteiger partial charge in [-0.2, -0.15) is 0 Å². The van der Waals surface area contributed by atoms with Gasteiger partial charge >= 0.3 is 0 Å². The molecule has 0 radical (unpaired) electrons. The van der Waals surface area contributed by atoms with Crippen molar-refractivity contribution < 1.29 is 9.59 Å². The van der Waals surface area contributed by atoms with Crippen LogP contribution >= 0.6 is 0 Å². The number of hydrogen-bond donors (Lipinski definition) is 0. The Labute approximate surface area is 231 Å². The lowest BCUT2D eigenvalue weighted by Crippen LogP contribution is -2.42. The maximum Gasteiger partial charge on any atom is 0.137 e. The molecule has 4 heteroatoms. The molecule has 1 fully saturated rings. The van der Waals surface area contributed by atoms with E-state index in [0.717, 1.165) is 67.4 Å². The number of Topliss-reactive ketones (excluding diaryl/α,β-unsaturated/α-hetero) is 2. The number of benzene rings is 2. The van der Waals surface area contributed by atoms with E-state index in [-0.39, 0.29) is 23.7 Å². The highest BCUT2D eigenvalue weighted by Gasteiger charge is 2.47. The van der Waals surface area contributed by atoms with Gasteiger partial charge in [-0.25, -0.2) is 0 Å². The highest BCUT2D eigenvalue weighted by Crippen LogP contribution is 2.50. The topological polar surface area (TPSA) is 40.6 Å². The Morgan fingerprint density at radius 2 is 1.26 bits per heavy atom. The lowest BCUT2D eigenvalue weighted by atomic mass is 9.59. The molecule has 3 rings (SSSR count). The van der Waals surface area contributed by atoms with Crippen molar-refractivity contribution in [2.24, 2.45) is 11.8 Å². The minimum absolute atomic E-state index is 0.0680. The molecule has 38 heavy (non-hydrogen) atoms. The molecule has 1 aliphatic rings. The summed E-state index contributed by atoms with van der Waals surface area (Å²) in [4.78, 5) is 32.2. The normalized spacial score (nSPS) is 21.4. The predicted molar refractivity (Wildman–Crippen MR) is 162 cm³/mol. The van der Waals surface area contributed by atoms with E-state index < -0.39 is 0 Å². The van der Waals surface area contributed by atoms with Crippen molar-refractivity contribution in [2.75, 3.05) is 38.0 Å². The first kappa shape index (κ1) is 29.9. The second kappa shape index (κ2) is 14.5. The van der Waals surface area contributed by atoms with Gasteiger partial charge in [0.15, 0.2) is 0 Å². The Morgan fingerprint density at radius 1 is 0.737 bits per heavy atom. The molecular weight excluding hydrogens is 468 g/mol. The third-order valence-electron chi connectivity index (χ3n) is 8.49. The zero-order valence-electron chi connectivity index (χ0n) is 24.7. The molecule has 0 spiro atoms. The van der Waals surface area contributed by atoms with Crippen LogP contribution in [0.5, 0.6) is 0 Å². The van der Waals surface area contributed by atoms with Gasteiger partial charge in [-0.1, -0.05) is 76.6 Å². The zero-order chi connectivity index (χ0) is 27.7. The largest absolute Gasteiger partial charge is 0.378 e. The van der Waals surface area contributed by atoms with Crippen LogP contribution < -0.4 is 9.80 Å². The minimum atomic E-state index is -0.170. The van der Waals surface area contributed by atoms with Crippen molar-refractivity contribution in [3.05, 3.63) is 59.7 Å². The zero-order valence-corrected chi connectivity index (χ0v) is 24.7. The van der Waals surface area contributed by atoms with Crippen molar-refractivity contribution in [3.63, 3.8) is 0 Å². The van der Waals surface area contributed by atoms with Gasteiger partial charge in [-0.15, -0.1) is 0 Å². The Hall–Kier alpha value is -2.62. The fourth-order valence-electron chi connectivity index (χ4n) is 6.25. The van der Waals surface area contributed by atoms with Crippen LogP contribution in [0.2, 0.25) is 0 Å². The molecule has 0 saturated heterocycles. The van der Waals surface area contributed by atoms with E-state index in [4.69, 9.17) is 0 Å². The third-order valence-corrected chi connectivity index (χ3v) is 8.49. The summed E-state index contributed by atoms with van der Waals surface area (Å²) in [6, 6.07) is 17.2. The van der Waals surface area contributed by atoms with E-state index in [1.165, 1.54) is 6.42 Å². The fraction of sp³-hybridized carbons (Fsp3) is 0.588. The number of ketones is 2. The summed E-state index contributed by atoms with van der Waals surface area (Å²) < 4.78 is 0. The summed E-state index contributed by atoms with van der Waals surface area (Å²) in [6.45, 7) is 4.41. The first-order valence-electron chi connectivity index (χ1n) is 14.9. The highest BCUT2D eigenvalue weighted by molar-refractivity contribution is 5.91. The summed E-state index contributed by atoms with van der Waals surface area (Å²) in [5, 5.41) is 0. The van der Waals surface area contributed by atoms with E-state index in [1.807, 2.05) is 28.2 Å². The van der Waals surface area contributed by atoms with Crippen LogP contribution in [0.15, 0.2) is 48.5 Å². The van der Waals surface area contributed by atoms with Crippen LogP contribution in [0.3, 0.4) is 0 Å². The Kier molecular flexibility index (Phi) is 11.4. The molecule has 0 bridgehead atoms. The quantitative estimate of drug-likeness (QED) is 0.238. The van der Waals surface area contributed by atoms with Crippen molar-refractivity contribution in [3.8, 4) is 0 Å². The summed E-state index contributed by atoms with van der Waals surface area (Å²) in [7, 11) is 8.16. The van der Waals surface area contributed by atoms with Crippen LogP contribution in [0.25, 0.3) is 0 Å². The molecule has 0 N–H and O–H groups in total. The molecule has 0 unspecified atom stereocenters. The van der Waals surface area contributed by atoms with Gasteiger partial charge in [0.05, 0.1) is 0 Å². The van der Waals surface area contributed by atoms with Gasteiger partial charge in [-0.05, 0) is 48.2 Å². The van der Waals surface area contributed by atoms with Crippen molar-refractivity contribution in [1.29, 1.82) is 0 Å². The second-order valence-corrected chi connectivity index (χ2v) is 11.7. The van der Waals surface area contributed by atoms with Crippen LogP contribution in [0.4, 0.5) is 11.4 Å². The highest BCUT2D eigenvalue weighted by atomic mass is 16.1. The standard InChI is InChI=1S/C34H50N2O2/c1-7-9-11-13-15-31(37)34-30(25-16-20-27(21-17-25)35(3)4)24-32(38)29(14-12-10-8-2)33(34)26-18-22-28(23-19-26)36(5)6/h16-23,29-30,33-34H,7-15,24H2,1-6H3/t29-,30+,33-,34+/m0/s1. The number of rotatable bonds is 14. The molecule has 0 heterocycles. The molecule has 208 valence electrons. The number of unbranched alkanes of at least 4 members (excludes halogenated alkanes) is 5. The Bertz CT molecular complexity index is 1010. The average molecular weight is 519 g/mol. The Morgan fingerprint density at radius 3 is 1.79 bits per heavy atom.